The van der Waals surface area contributed by atoms with E-state index in [1.807, 2.05) is 0 Å². The second-order valence-electron chi connectivity index (χ2n) is 6.91. The minimum absolute atomic E-state index is 0.478. The Kier molecular flexibility index (Phi) is 4.77. The van der Waals surface area contributed by atoms with Gasteiger partial charge in [-0.05, 0) is 42.5 Å². The molecular formula is C19H25N5O2. The number of benzene rings is 1. The van der Waals surface area contributed by atoms with Gasteiger partial charge in [0.2, 0.25) is 5.95 Å². The summed E-state index contributed by atoms with van der Waals surface area (Å²) in [7, 11) is 3.34. The van der Waals surface area contributed by atoms with E-state index in [9.17, 15) is 0 Å². The molecule has 1 N–H and O–H groups in total. The van der Waals surface area contributed by atoms with Crippen molar-refractivity contribution in [1.82, 2.24) is 15.2 Å². The molecule has 1 aliphatic heterocycles. The summed E-state index contributed by atoms with van der Waals surface area (Å²) in [5.41, 5.74) is 2.53. The number of aromatic nitrogens is 3. The second-order valence-corrected chi connectivity index (χ2v) is 6.91. The van der Waals surface area contributed by atoms with Gasteiger partial charge in [0.15, 0.2) is 17.3 Å². The minimum atomic E-state index is 0.478. The Bertz CT molecular complexity index is 777. The van der Waals surface area contributed by atoms with Crippen LogP contribution < -0.4 is 19.7 Å². The van der Waals surface area contributed by atoms with Crippen molar-refractivity contribution in [2.24, 2.45) is 0 Å². The van der Waals surface area contributed by atoms with Gasteiger partial charge in [-0.2, -0.15) is 10.1 Å². The molecule has 1 aliphatic carbocycles. The van der Waals surface area contributed by atoms with Crippen LogP contribution in [0.3, 0.4) is 0 Å². The molecule has 2 heterocycles. The van der Waals surface area contributed by atoms with Crippen LogP contribution in [0, 0.1) is 0 Å². The molecule has 0 atom stereocenters. The maximum Gasteiger partial charge on any atom is 0.244 e. The number of hydrogen-bond acceptors (Lipinski definition) is 7. The molecule has 0 radical (unpaired) electrons. The molecule has 4 rings (SSSR count). The molecule has 2 aromatic rings. The topological polar surface area (TPSA) is 72.4 Å². The number of rotatable bonds is 5. The highest BCUT2D eigenvalue weighted by atomic mass is 16.5. The number of nitrogens with zero attached hydrogens (tertiary/aromatic N) is 4. The van der Waals surface area contributed by atoms with E-state index in [1.54, 1.807) is 20.4 Å². The molecule has 0 amide bonds. The third-order valence-electron chi connectivity index (χ3n) is 5.28. The zero-order chi connectivity index (χ0) is 17.9. The average Bonchev–Trinajstić information content (AvgIpc) is 3.19. The molecule has 1 saturated carbocycles. The highest BCUT2D eigenvalue weighted by Crippen LogP contribution is 2.34. The minimum Gasteiger partial charge on any atom is -0.493 e. The second kappa shape index (κ2) is 7.35. The molecule has 1 aromatic carbocycles. The van der Waals surface area contributed by atoms with Gasteiger partial charge in [-0.1, -0.05) is 12.8 Å². The first-order chi connectivity index (χ1) is 12.8. The number of methoxy groups -OCH3 is 2. The molecule has 0 saturated heterocycles. The normalized spacial score (nSPS) is 17.1. The van der Waals surface area contributed by atoms with Crippen LogP contribution in [0.25, 0.3) is 0 Å². The van der Waals surface area contributed by atoms with Gasteiger partial charge in [-0.25, -0.2) is 0 Å². The van der Waals surface area contributed by atoms with Crippen molar-refractivity contribution < 1.29 is 9.47 Å². The van der Waals surface area contributed by atoms with E-state index in [1.165, 1.54) is 36.8 Å². The number of fused-ring (bicyclic) bond motifs is 1. The molecule has 1 aromatic heterocycles. The van der Waals surface area contributed by atoms with E-state index < -0.39 is 0 Å². The lowest BCUT2D eigenvalue weighted by molar-refractivity contribution is 0.353. The molecular weight excluding hydrogens is 330 g/mol. The Balaban J connectivity index is 1.53. The van der Waals surface area contributed by atoms with Crippen LogP contribution in [0.5, 0.6) is 11.5 Å². The Morgan fingerprint density at radius 1 is 1.08 bits per heavy atom. The number of nitrogens with one attached hydrogen (secondary N) is 1. The van der Waals surface area contributed by atoms with E-state index in [4.69, 9.17) is 14.5 Å². The Morgan fingerprint density at radius 2 is 1.81 bits per heavy atom. The van der Waals surface area contributed by atoms with Crippen LogP contribution in [-0.2, 0) is 13.0 Å². The smallest absolute Gasteiger partial charge is 0.244 e. The fourth-order valence-corrected chi connectivity index (χ4v) is 3.84. The van der Waals surface area contributed by atoms with Gasteiger partial charge >= 0.3 is 0 Å². The van der Waals surface area contributed by atoms with Gasteiger partial charge in [0.25, 0.3) is 0 Å². The Morgan fingerprint density at radius 3 is 2.54 bits per heavy atom. The fraction of sp³-hybridized carbons (Fsp3) is 0.526. The van der Waals surface area contributed by atoms with Gasteiger partial charge in [-0.15, -0.1) is 5.10 Å². The van der Waals surface area contributed by atoms with Crippen molar-refractivity contribution >= 4 is 11.8 Å². The summed E-state index contributed by atoms with van der Waals surface area (Å²) < 4.78 is 10.9. The summed E-state index contributed by atoms with van der Waals surface area (Å²) in [5.74, 6) is 3.04. The van der Waals surface area contributed by atoms with E-state index >= 15 is 0 Å². The van der Waals surface area contributed by atoms with Gasteiger partial charge < -0.3 is 19.7 Å². The summed E-state index contributed by atoms with van der Waals surface area (Å²) in [6.07, 6.45) is 7.60. The third kappa shape index (κ3) is 3.38. The van der Waals surface area contributed by atoms with Gasteiger partial charge in [0.05, 0.1) is 20.4 Å². The van der Waals surface area contributed by atoms with E-state index in [0.717, 1.165) is 36.8 Å². The molecule has 0 unspecified atom stereocenters. The monoisotopic (exact) mass is 355 g/mol. The predicted molar refractivity (Wildman–Crippen MR) is 100 cm³/mol. The molecule has 7 heteroatoms. The number of ether oxygens (including phenoxy) is 2. The van der Waals surface area contributed by atoms with E-state index in [0.29, 0.717) is 12.0 Å². The first-order valence-electron chi connectivity index (χ1n) is 9.22. The Labute approximate surface area is 153 Å². The summed E-state index contributed by atoms with van der Waals surface area (Å²) in [5, 5.41) is 11.7. The van der Waals surface area contributed by atoms with Crippen LogP contribution in [-0.4, -0.2) is 42.0 Å². The van der Waals surface area contributed by atoms with Crippen molar-refractivity contribution in [2.75, 3.05) is 31.0 Å². The van der Waals surface area contributed by atoms with Crippen LogP contribution in [0.2, 0.25) is 0 Å². The van der Waals surface area contributed by atoms with Crippen LogP contribution in [0.15, 0.2) is 18.3 Å². The van der Waals surface area contributed by atoms with Crippen molar-refractivity contribution in [1.29, 1.82) is 0 Å². The van der Waals surface area contributed by atoms with Crippen molar-refractivity contribution in [3.63, 3.8) is 0 Å². The molecule has 7 nitrogen and oxygen atoms in total. The van der Waals surface area contributed by atoms with Crippen molar-refractivity contribution in [3.05, 3.63) is 29.5 Å². The molecule has 26 heavy (non-hydrogen) atoms. The first kappa shape index (κ1) is 16.9. The fourth-order valence-electron chi connectivity index (χ4n) is 3.84. The largest absolute Gasteiger partial charge is 0.493 e. The molecule has 0 spiro atoms. The maximum absolute atomic E-state index is 5.45. The highest BCUT2D eigenvalue weighted by molar-refractivity contribution is 5.52. The van der Waals surface area contributed by atoms with Gasteiger partial charge in [0, 0.05) is 19.1 Å². The van der Waals surface area contributed by atoms with Crippen LogP contribution in [0.4, 0.5) is 11.8 Å². The quantitative estimate of drug-likeness (QED) is 0.884. The lowest BCUT2D eigenvalue weighted by Gasteiger charge is -2.30. The SMILES string of the molecule is COc1cc2c(cc1OC)CN(c1cnnc(NC3CCCC3)n1)CC2. The average molecular weight is 355 g/mol. The van der Waals surface area contributed by atoms with Gasteiger partial charge in [0.1, 0.15) is 0 Å². The summed E-state index contributed by atoms with van der Waals surface area (Å²) >= 11 is 0. The zero-order valence-electron chi connectivity index (χ0n) is 15.4. The summed E-state index contributed by atoms with van der Waals surface area (Å²) in [4.78, 5) is 6.93. The van der Waals surface area contributed by atoms with Gasteiger partial charge in [-0.3, -0.25) is 0 Å². The van der Waals surface area contributed by atoms with Crippen molar-refractivity contribution in [3.8, 4) is 11.5 Å². The first-order valence-corrected chi connectivity index (χ1v) is 9.22. The lowest BCUT2D eigenvalue weighted by atomic mass is 9.99. The molecule has 1 fully saturated rings. The van der Waals surface area contributed by atoms with E-state index in [2.05, 4.69) is 32.5 Å². The summed E-state index contributed by atoms with van der Waals surface area (Å²) in [6, 6.07) is 4.62. The number of hydrogen-bond donors (Lipinski definition) is 1. The molecule has 0 bridgehead atoms. The standard InChI is InChI=1S/C19H25N5O2/c1-25-16-9-13-7-8-24(12-14(13)10-17(16)26-2)18-11-20-23-19(22-18)21-15-5-3-4-6-15/h9-11,15H,3-8,12H2,1-2H3,(H,21,22,23). The van der Waals surface area contributed by atoms with Crippen LogP contribution >= 0.6 is 0 Å². The maximum atomic E-state index is 5.45. The number of anilines is 2. The summed E-state index contributed by atoms with van der Waals surface area (Å²) in [6.45, 7) is 1.67. The lowest BCUT2D eigenvalue weighted by Crippen LogP contribution is -2.31. The van der Waals surface area contributed by atoms with Crippen LogP contribution in [0.1, 0.15) is 36.8 Å². The zero-order valence-corrected chi connectivity index (χ0v) is 15.4. The van der Waals surface area contributed by atoms with E-state index in [-0.39, 0.29) is 0 Å². The third-order valence-corrected chi connectivity index (χ3v) is 5.28. The Hall–Kier alpha value is -2.57. The predicted octanol–water partition coefficient (Wildman–Crippen LogP) is 2.81. The highest BCUT2D eigenvalue weighted by Gasteiger charge is 2.22. The molecule has 138 valence electrons. The van der Waals surface area contributed by atoms with Crippen molar-refractivity contribution in [2.45, 2.75) is 44.7 Å². The molecule has 2 aliphatic rings.